The highest BCUT2D eigenvalue weighted by Gasteiger charge is 2.00. The van der Waals surface area contributed by atoms with Gasteiger partial charge in [0.15, 0.2) is 0 Å². The number of fused-ring (bicyclic) bond motifs is 1. The first-order chi connectivity index (χ1) is 10.4. The molecule has 0 saturated heterocycles. The number of hydrogen-bond acceptors (Lipinski definition) is 4. The zero-order chi connectivity index (χ0) is 14.3. The van der Waals surface area contributed by atoms with Gasteiger partial charge in [0.25, 0.3) is 0 Å². The number of pyridine rings is 1. The highest BCUT2D eigenvalue weighted by molar-refractivity contribution is 5.77. The third-order valence-electron chi connectivity index (χ3n) is 3.26. The summed E-state index contributed by atoms with van der Waals surface area (Å²) >= 11 is 0. The Morgan fingerprint density at radius 3 is 2.86 bits per heavy atom. The fourth-order valence-corrected chi connectivity index (χ4v) is 2.19. The Hall–Kier alpha value is -2.40. The molecule has 0 fully saturated rings. The number of rotatable bonds is 7. The van der Waals surface area contributed by atoms with Crippen LogP contribution in [0.1, 0.15) is 12.0 Å². The maximum absolute atomic E-state index is 4.48. The first kappa shape index (κ1) is 13.6. The number of hydrogen-bond donors (Lipinski definition) is 3. The first-order valence-corrected chi connectivity index (χ1v) is 7.20. The number of nitrogens with one attached hydrogen (secondary N) is 3. The second-order valence-corrected chi connectivity index (χ2v) is 4.92. The van der Waals surface area contributed by atoms with Crippen LogP contribution in [0.2, 0.25) is 0 Å². The maximum atomic E-state index is 4.48. The molecule has 0 unspecified atom stereocenters. The molecule has 0 aliphatic rings. The van der Waals surface area contributed by atoms with Crippen molar-refractivity contribution in [1.82, 2.24) is 20.3 Å². The van der Waals surface area contributed by atoms with Gasteiger partial charge in [0, 0.05) is 25.5 Å². The number of aromatic amines is 1. The van der Waals surface area contributed by atoms with Crippen LogP contribution < -0.4 is 10.6 Å². The van der Waals surface area contributed by atoms with Crippen LogP contribution in [0, 0.1) is 0 Å². The van der Waals surface area contributed by atoms with E-state index in [9.17, 15) is 0 Å². The lowest BCUT2D eigenvalue weighted by Crippen LogP contribution is -2.17. The van der Waals surface area contributed by atoms with Crippen LogP contribution in [0.3, 0.4) is 0 Å². The Bertz CT molecular complexity index is 644. The van der Waals surface area contributed by atoms with Crippen LogP contribution in [-0.4, -0.2) is 28.0 Å². The average Bonchev–Trinajstić information content (AvgIpc) is 2.94. The van der Waals surface area contributed by atoms with Gasteiger partial charge in [-0.3, -0.25) is 4.98 Å². The molecule has 3 rings (SSSR count). The van der Waals surface area contributed by atoms with Crippen molar-refractivity contribution in [3.8, 4) is 0 Å². The predicted octanol–water partition coefficient (Wildman–Crippen LogP) is 2.55. The molecule has 3 N–H and O–H groups in total. The molecular weight excluding hydrogens is 262 g/mol. The number of imidazole rings is 1. The quantitative estimate of drug-likeness (QED) is 0.582. The molecule has 0 atom stereocenters. The molecule has 5 heteroatoms. The van der Waals surface area contributed by atoms with Crippen molar-refractivity contribution in [3.05, 3.63) is 54.4 Å². The van der Waals surface area contributed by atoms with E-state index in [0.717, 1.165) is 43.0 Å². The van der Waals surface area contributed by atoms with Crippen LogP contribution >= 0.6 is 0 Å². The minimum Gasteiger partial charge on any atom is -0.356 e. The van der Waals surface area contributed by atoms with Crippen molar-refractivity contribution >= 4 is 17.0 Å². The average molecular weight is 281 g/mol. The Labute approximate surface area is 123 Å². The van der Waals surface area contributed by atoms with E-state index < -0.39 is 0 Å². The van der Waals surface area contributed by atoms with Gasteiger partial charge in [0.2, 0.25) is 5.95 Å². The fourth-order valence-electron chi connectivity index (χ4n) is 2.19. The predicted molar refractivity (Wildman–Crippen MR) is 85.1 cm³/mol. The van der Waals surface area contributed by atoms with E-state index in [1.54, 1.807) is 6.20 Å². The van der Waals surface area contributed by atoms with Crippen LogP contribution in [0.4, 0.5) is 5.95 Å². The van der Waals surface area contributed by atoms with Gasteiger partial charge in [0.1, 0.15) is 0 Å². The maximum Gasteiger partial charge on any atom is 0.201 e. The number of benzene rings is 1. The number of nitrogens with zero attached hydrogens (tertiary/aromatic N) is 2. The van der Waals surface area contributed by atoms with E-state index in [2.05, 4.69) is 31.7 Å². The molecular formula is C16H19N5. The Balaban J connectivity index is 1.36. The highest BCUT2D eigenvalue weighted by Crippen LogP contribution is 2.12. The minimum absolute atomic E-state index is 0.837. The normalized spacial score (nSPS) is 10.9. The lowest BCUT2D eigenvalue weighted by Gasteiger charge is -2.05. The Morgan fingerprint density at radius 2 is 2.00 bits per heavy atom. The second-order valence-electron chi connectivity index (χ2n) is 4.92. The Kier molecular flexibility index (Phi) is 4.43. The van der Waals surface area contributed by atoms with E-state index in [-0.39, 0.29) is 0 Å². The molecule has 0 saturated carbocycles. The lowest BCUT2D eigenvalue weighted by atomic mass is 10.3. The zero-order valence-corrected chi connectivity index (χ0v) is 11.8. The molecule has 0 aliphatic heterocycles. The molecule has 3 aromatic rings. The molecule has 21 heavy (non-hydrogen) atoms. The van der Waals surface area contributed by atoms with Gasteiger partial charge in [-0.05, 0) is 36.7 Å². The number of para-hydroxylation sites is 2. The van der Waals surface area contributed by atoms with Crippen molar-refractivity contribution in [1.29, 1.82) is 0 Å². The molecule has 0 amide bonds. The van der Waals surface area contributed by atoms with Crippen LogP contribution in [0.25, 0.3) is 11.0 Å². The molecule has 0 radical (unpaired) electrons. The topological polar surface area (TPSA) is 65.6 Å². The van der Waals surface area contributed by atoms with Gasteiger partial charge in [-0.15, -0.1) is 0 Å². The molecule has 2 heterocycles. The summed E-state index contributed by atoms with van der Waals surface area (Å²) in [6.07, 6.45) is 4.72. The van der Waals surface area contributed by atoms with Crippen molar-refractivity contribution < 1.29 is 0 Å². The van der Waals surface area contributed by atoms with Gasteiger partial charge in [-0.2, -0.15) is 0 Å². The summed E-state index contributed by atoms with van der Waals surface area (Å²) in [6.45, 7) is 2.71. The van der Waals surface area contributed by atoms with E-state index in [1.807, 2.05) is 36.5 Å². The molecule has 0 bridgehead atoms. The van der Waals surface area contributed by atoms with Crippen molar-refractivity contribution in [2.45, 2.75) is 13.0 Å². The van der Waals surface area contributed by atoms with E-state index in [4.69, 9.17) is 0 Å². The summed E-state index contributed by atoms with van der Waals surface area (Å²) in [4.78, 5) is 11.8. The van der Waals surface area contributed by atoms with E-state index in [1.165, 1.54) is 5.56 Å². The smallest absolute Gasteiger partial charge is 0.201 e. The molecule has 2 aromatic heterocycles. The Morgan fingerprint density at radius 1 is 1.05 bits per heavy atom. The van der Waals surface area contributed by atoms with Crippen LogP contribution in [0.5, 0.6) is 0 Å². The second kappa shape index (κ2) is 6.85. The standard InChI is InChI=1S/C16H19N5/c1-2-7-15-14(6-1)20-16(21-15)19-10-4-9-18-12-13-5-3-8-17-11-13/h1-3,5-8,11,18H,4,9-10,12H2,(H2,19,20,21). The summed E-state index contributed by atoms with van der Waals surface area (Å²) in [5.74, 6) is 0.837. The summed E-state index contributed by atoms with van der Waals surface area (Å²) < 4.78 is 0. The summed E-state index contributed by atoms with van der Waals surface area (Å²) in [5.41, 5.74) is 3.27. The van der Waals surface area contributed by atoms with E-state index >= 15 is 0 Å². The van der Waals surface area contributed by atoms with Crippen molar-refractivity contribution in [2.75, 3.05) is 18.4 Å². The molecule has 0 spiro atoms. The van der Waals surface area contributed by atoms with Gasteiger partial charge in [0.05, 0.1) is 11.0 Å². The van der Waals surface area contributed by atoms with Crippen LogP contribution in [-0.2, 0) is 6.54 Å². The molecule has 0 aliphatic carbocycles. The van der Waals surface area contributed by atoms with Crippen molar-refractivity contribution in [3.63, 3.8) is 0 Å². The van der Waals surface area contributed by atoms with Gasteiger partial charge >= 0.3 is 0 Å². The third kappa shape index (κ3) is 3.79. The molecule has 1 aromatic carbocycles. The number of aromatic nitrogens is 3. The van der Waals surface area contributed by atoms with Gasteiger partial charge in [-0.1, -0.05) is 18.2 Å². The SMILES string of the molecule is c1cncc(CNCCCNc2nc3ccccc3[nH]2)c1. The van der Waals surface area contributed by atoms with E-state index in [0.29, 0.717) is 0 Å². The lowest BCUT2D eigenvalue weighted by molar-refractivity contribution is 0.661. The van der Waals surface area contributed by atoms with Crippen LogP contribution in [0.15, 0.2) is 48.8 Å². The molecule has 108 valence electrons. The molecule has 5 nitrogen and oxygen atoms in total. The largest absolute Gasteiger partial charge is 0.356 e. The van der Waals surface area contributed by atoms with Gasteiger partial charge < -0.3 is 15.6 Å². The summed E-state index contributed by atoms with van der Waals surface area (Å²) in [6, 6.07) is 12.1. The first-order valence-electron chi connectivity index (χ1n) is 7.20. The summed E-state index contributed by atoms with van der Waals surface area (Å²) in [5, 5.41) is 6.72. The fraction of sp³-hybridized carbons (Fsp3) is 0.250. The van der Waals surface area contributed by atoms with Crippen molar-refractivity contribution in [2.24, 2.45) is 0 Å². The third-order valence-corrected chi connectivity index (χ3v) is 3.26. The highest BCUT2D eigenvalue weighted by atomic mass is 15.1. The number of H-pyrrole nitrogens is 1. The van der Waals surface area contributed by atoms with Gasteiger partial charge in [-0.25, -0.2) is 4.98 Å². The minimum atomic E-state index is 0.837. The monoisotopic (exact) mass is 281 g/mol. The number of anilines is 1. The summed E-state index contributed by atoms with van der Waals surface area (Å²) in [7, 11) is 0. The zero-order valence-electron chi connectivity index (χ0n) is 11.8.